The SMILES string of the molecule is CC(C)(C)NC(=O)N1C[C@@H](Oc2ccccc2)C[C@H]1C(N)=O. The number of amides is 3. The Morgan fingerprint density at radius 2 is 1.91 bits per heavy atom. The van der Waals surface area contributed by atoms with Gasteiger partial charge in [0.25, 0.3) is 0 Å². The summed E-state index contributed by atoms with van der Waals surface area (Å²) in [6.45, 7) is 6.00. The molecule has 1 fully saturated rings. The summed E-state index contributed by atoms with van der Waals surface area (Å²) in [6.07, 6.45) is 0.160. The van der Waals surface area contributed by atoms with Crippen molar-refractivity contribution in [1.29, 1.82) is 0 Å². The van der Waals surface area contributed by atoms with E-state index in [9.17, 15) is 9.59 Å². The summed E-state index contributed by atoms with van der Waals surface area (Å²) >= 11 is 0. The van der Waals surface area contributed by atoms with Crippen molar-refractivity contribution in [3.8, 4) is 5.75 Å². The van der Waals surface area contributed by atoms with Gasteiger partial charge in [0.2, 0.25) is 5.91 Å². The highest BCUT2D eigenvalue weighted by Crippen LogP contribution is 2.23. The van der Waals surface area contributed by atoms with Crippen molar-refractivity contribution in [2.24, 2.45) is 5.73 Å². The third-order valence-corrected chi connectivity index (χ3v) is 3.38. The predicted molar refractivity (Wildman–Crippen MR) is 83.4 cm³/mol. The fraction of sp³-hybridized carbons (Fsp3) is 0.500. The Hall–Kier alpha value is -2.24. The Balaban J connectivity index is 2.06. The van der Waals surface area contributed by atoms with Crippen LogP contribution in [0.4, 0.5) is 4.79 Å². The van der Waals surface area contributed by atoms with Crippen molar-refractivity contribution in [3.05, 3.63) is 30.3 Å². The second kappa shape index (κ2) is 6.25. The Labute approximate surface area is 130 Å². The molecule has 3 N–H and O–H groups in total. The molecular weight excluding hydrogens is 282 g/mol. The van der Waals surface area contributed by atoms with Crippen LogP contribution in [0.1, 0.15) is 27.2 Å². The van der Waals surface area contributed by atoms with E-state index < -0.39 is 11.9 Å². The number of rotatable bonds is 3. The summed E-state index contributed by atoms with van der Waals surface area (Å²) in [4.78, 5) is 25.4. The Kier molecular flexibility index (Phi) is 4.59. The first kappa shape index (κ1) is 16.1. The molecule has 2 rings (SSSR count). The van der Waals surface area contributed by atoms with Crippen LogP contribution in [0.3, 0.4) is 0 Å². The smallest absolute Gasteiger partial charge is 0.318 e. The van der Waals surface area contributed by atoms with Crippen LogP contribution in [0.5, 0.6) is 5.75 Å². The first-order valence-electron chi connectivity index (χ1n) is 7.36. The molecule has 1 saturated heterocycles. The number of primary amides is 1. The molecule has 0 bridgehead atoms. The predicted octanol–water partition coefficient (Wildman–Crippen LogP) is 1.50. The number of nitrogens with one attached hydrogen (secondary N) is 1. The number of carbonyl (C=O) groups is 2. The Morgan fingerprint density at radius 1 is 1.27 bits per heavy atom. The van der Waals surface area contributed by atoms with Crippen molar-refractivity contribution < 1.29 is 14.3 Å². The van der Waals surface area contributed by atoms with Gasteiger partial charge >= 0.3 is 6.03 Å². The van der Waals surface area contributed by atoms with E-state index in [0.717, 1.165) is 0 Å². The first-order valence-corrected chi connectivity index (χ1v) is 7.36. The van der Waals surface area contributed by atoms with Crippen LogP contribution >= 0.6 is 0 Å². The molecular formula is C16H23N3O3. The minimum atomic E-state index is -0.643. The van der Waals surface area contributed by atoms with Crippen LogP contribution in [0.25, 0.3) is 0 Å². The van der Waals surface area contributed by atoms with Gasteiger partial charge in [-0.2, -0.15) is 0 Å². The number of carbonyl (C=O) groups excluding carboxylic acids is 2. The fourth-order valence-corrected chi connectivity index (χ4v) is 2.46. The summed E-state index contributed by atoms with van der Waals surface area (Å²) in [5.74, 6) is 0.206. The number of nitrogens with zero attached hydrogens (tertiary/aromatic N) is 1. The fourth-order valence-electron chi connectivity index (χ4n) is 2.46. The molecule has 0 aliphatic carbocycles. The summed E-state index contributed by atoms with van der Waals surface area (Å²) in [6, 6.07) is 8.40. The number of likely N-dealkylation sites (tertiary alicyclic amines) is 1. The maximum Gasteiger partial charge on any atom is 0.318 e. The van der Waals surface area contributed by atoms with Crippen molar-refractivity contribution in [1.82, 2.24) is 10.2 Å². The average molecular weight is 305 g/mol. The van der Waals surface area contributed by atoms with E-state index in [2.05, 4.69) is 5.32 Å². The number of nitrogens with two attached hydrogens (primary N) is 1. The normalized spacial score (nSPS) is 21.5. The zero-order valence-corrected chi connectivity index (χ0v) is 13.2. The minimum Gasteiger partial charge on any atom is -0.488 e. The second-order valence-corrected chi connectivity index (χ2v) is 6.54. The lowest BCUT2D eigenvalue weighted by Gasteiger charge is -2.28. The molecule has 0 spiro atoms. The monoisotopic (exact) mass is 305 g/mol. The van der Waals surface area contributed by atoms with Gasteiger partial charge < -0.3 is 20.7 Å². The summed E-state index contributed by atoms with van der Waals surface area (Å²) in [5, 5.41) is 2.85. The zero-order chi connectivity index (χ0) is 16.3. The molecule has 0 unspecified atom stereocenters. The van der Waals surface area contributed by atoms with Crippen LogP contribution in [-0.4, -0.2) is 41.1 Å². The van der Waals surface area contributed by atoms with Crippen molar-refractivity contribution in [3.63, 3.8) is 0 Å². The van der Waals surface area contributed by atoms with Crippen molar-refractivity contribution >= 4 is 11.9 Å². The quantitative estimate of drug-likeness (QED) is 0.887. The molecule has 0 aromatic heterocycles. The van der Waals surface area contributed by atoms with Crippen LogP contribution in [0.2, 0.25) is 0 Å². The summed E-state index contributed by atoms with van der Waals surface area (Å²) in [7, 11) is 0. The molecule has 6 nitrogen and oxygen atoms in total. The van der Waals surface area contributed by atoms with Crippen LogP contribution in [0, 0.1) is 0 Å². The molecule has 120 valence electrons. The van der Waals surface area contributed by atoms with Gasteiger partial charge in [-0.1, -0.05) is 18.2 Å². The van der Waals surface area contributed by atoms with Gasteiger partial charge in [0.05, 0.1) is 6.54 Å². The van der Waals surface area contributed by atoms with Gasteiger partial charge in [-0.15, -0.1) is 0 Å². The van der Waals surface area contributed by atoms with E-state index in [1.165, 1.54) is 4.90 Å². The van der Waals surface area contributed by atoms with Gasteiger partial charge in [-0.05, 0) is 32.9 Å². The van der Waals surface area contributed by atoms with Crippen molar-refractivity contribution in [2.75, 3.05) is 6.54 Å². The average Bonchev–Trinajstić information content (AvgIpc) is 2.82. The molecule has 0 saturated carbocycles. The molecule has 1 aromatic rings. The number of hydrogen-bond acceptors (Lipinski definition) is 3. The molecule has 1 aromatic carbocycles. The second-order valence-electron chi connectivity index (χ2n) is 6.54. The number of benzene rings is 1. The number of para-hydroxylation sites is 1. The highest BCUT2D eigenvalue weighted by atomic mass is 16.5. The van der Waals surface area contributed by atoms with E-state index in [4.69, 9.17) is 10.5 Å². The largest absolute Gasteiger partial charge is 0.488 e. The molecule has 6 heteroatoms. The zero-order valence-electron chi connectivity index (χ0n) is 13.2. The van der Waals surface area contributed by atoms with E-state index in [0.29, 0.717) is 18.7 Å². The lowest BCUT2D eigenvalue weighted by molar-refractivity contribution is -0.121. The first-order chi connectivity index (χ1) is 10.3. The van der Waals surface area contributed by atoms with Crippen molar-refractivity contribution in [2.45, 2.75) is 44.9 Å². The van der Waals surface area contributed by atoms with Crippen LogP contribution < -0.4 is 15.8 Å². The third-order valence-electron chi connectivity index (χ3n) is 3.38. The lowest BCUT2D eigenvalue weighted by atomic mass is 10.1. The lowest BCUT2D eigenvalue weighted by Crippen LogP contribution is -2.53. The topological polar surface area (TPSA) is 84.7 Å². The van der Waals surface area contributed by atoms with E-state index in [1.54, 1.807) is 0 Å². The highest BCUT2D eigenvalue weighted by molar-refractivity contribution is 5.87. The standard InChI is InChI=1S/C16H23N3O3/c1-16(2,3)18-15(21)19-10-12(9-13(19)14(17)20)22-11-7-5-4-6-8-11/h4-8,12-13H,9-10H2,1-3H3,(H2,17,20)(H,18,21)/t12-,13-/m0/s1. The molecule has 0 radical (unpaired) electrons. The van der Waals surface area contributed by atoms with Crippen LogP contribution in [0.15, 0.2) is 30.3 Å². The molecule has 1 heterocycles. The number of hydrogen-bond donors (Lipinski definition) is 2. The highest BCUT2D eigenvalue weighted by Gasteiger charge is 2.40. The van der Waals surface area contributed by atoms with Gasteiger partial charge in [0.1, 0.15) is 17.9 Å². The maximum atomic E-state index is 12.3. The Morgan fingerprint density at radius 3 is 2.45 bits per heavy atom. The summed E-state index contributed by atoms with van der Waals surface area (Å²) in [5.41, 5.74) is 5.05. The van der Waals surface area contributed by atoms with Gasteiger partial charge in [0.15, 0.2) is 0 Å². The van der Waals surface area contributed by atoms with E-state index >= 15 is 0 Å². The van der Waals surface area contributed by atoms with E-state index in [1.807, 2.05) is 51.1 Å². The van der Waals surface area contributed by atoms with Gasteiger partial charge in [0, 0.05) is 12.0 Å². The number of urea groups is 1. The number of ether oxygens (including phenoxy) is 1. The minimum absolute atomic E-state index is 0.245. The summed E-state index contributed by atoms with van der Waals surface area (Å²) < 4.78 is 5.84. The molecule has 1 aliphatic heterocycles. The van der Waals surface area contributed by atoms with Gasteiger partial charge in [-0.3, -0.25) is 4.79 Å². The molecule has 3 amide bonds. The molecule has 22 heavy (non-hydrogen) atoms. The van der Waals surface area contributed by atoms with Gasteiger partial charge in [-0.25, -0.2) is 4.79 Å². The third kappa shape index (κ3) is 4.13. The van der Waals surface area contributed by atoms with Crippen LogP contribution in [-0.2, 0) is 4.79 Å². The molecule has 1 aliphatic rings. The van der Waals surface area contributed by atoms with E-state index in [-0.39, 0.29) is 17.7 Å². The Bertz CT molecular complexity index is 539. The molecule has 2 atom stereocenters. The maximum absolute atomic E-state index is 12.3.